The fraction of sp³-hybridized carbons (Fsp3) is 0.323. The highest BCUT2D eigenvalue weighted by molar-refractivity contribution is 5.86. The minimum atomic E-state index is -0.0742. The highest BCUT2D eigenvalue weighted by atomic mass is 16.5. The molecule has 4 rings (SSSR count). The number of nitrogens with zero attached hydrogens (tertiary/aromatic N) is 1. The molecule has 188 valence electrons. The Morgan fingerprint density at radius 1 is 0.944 bits per heavy atom. The van der Waals surface area contributed by atoms with Crippen molar-refractivity contribution in [3.63, 3.8) is 0 Å². The Hall–Kier alpha value is -3.73. The molecule has 0 aliphatic carbocycles. The second kappa shape index (κ2) is 11.8. The SMILES string of the molecule is CCOc1ccc([C@@H](CC(=O)NCC(C)C)c2cn(Cc3ccc(OC)cc3)c3ccccc23)cc1. The normalized spacial score (nSPS) is 12.0. The lowest BCUT2D eigenvalue weighted by molar-refractivity contribution is -0.121. The first kappa shape index (κ1) is 25.4. The number of rotatable bonds is 11. The first-order valence-electron chi connectivity index (χ1n) is 12.7. The van der Waals surface area contributed by atoms with Crippen LogP contribution in [0.2, 0.25) is 0 Å². The molecule has 36 heavy (non-hydrogen) atoms. The maximum absolute atomic E-state index is 13.0. The predicted molar refractivity (Wildman–Crippen MR) is 146 cm³/mol. The van der Waals surface area contributed by atoms with Crippen molar-refractivity contribution in [2.24, 2.45) is 5.92 Å². The third-order valence-electron chi connectivity index (χ3n) is 6.40. The average Bonchev–Trinajstić information content (AvgIpc) is 3.25. The molecule has 0 aliphatic rings. The van der Waals surface area contributed by atoms with E-state index in [-0.39, 0.29) is 11.8 Å². The zero-order chi connectivity index (χ0) is 25.5. The van der Waals surface area contributed by atoms with Crippen molar-refractivity contribution in [2.45, 2.75) is 39.7 Å². The van der Waals surface area contributed by atoms with E-state index in [4.69, 9.17) is 9.47 Å². The summed E-state index contributed by atoms with van der Waals surface area (Å²) in [5, 5.41) is 4.28. The molecule has 0 saturated carbocycles. The molecule has 1 heterocycles. The Bertz CT molecular complexity index is 1270. The van der Waals surface area contributed by atoms with Crippen LogP contribution in [-0.4, -0.2) is 30.7 Å². The van der Waals surface area contributed by atoms with Gasteiger partial charge in [-0.15, -0.1) is 0 Å². The molecular weight excluding hydrogens is 448 g/mol. The molecule has 0 aliphatic heterocycles. The number of benzene rings is 3. The summed E-state index contributed by atoms with van der Waals surface area (Å²) in [6.45, 7) is 8.23. The molecule has 0 fully saturated rings. The smallest absolute Gasteiger partial charge is 0.220 e. The summed E-state index contributed by atoms with van der Waals surface area (Å²) in [4.78, 5) is 13.0. The number of fused-ring (bicyclic) bond motifs is 1. The second-order valence-electron chi connectivity index (χ2n) is 9.53. The van der Waals surface area contributed by atoms with Crippen molar-refractivity contribution in [1.29, 1.82) is 0 Å². The van der Waals surface area contributed by atoms with Gasteiger partial charge in [0.1, 0.15) is 11.5 Å². The number of hydrogen-bond acceptors (Lipinski definition) is 3. The zero-order valence-electron chi connectivity index (χ0n) is 21.7. The van der Waals surface area contributed by atoms with Crippen LogP contribution in [0, 0.1) is 5.92 Å². The topological polar surface area (TPSA) is 52.5 Å². The molecular formula is C31H36N2O3. The number of amides is 1. The van der Waals surface area contributed by atoms with Gasteiger partial charge in [-0.05, 0) is 59.9 Å². The monoisotopic (exact) mass is 484 g/mol. The molecule has 0 bridgehead atoms. The number of methoxy groups -OCH3 is 1. The van der Waals surface area contributed by atoms with Crippen LogP contribution in [-0.2, 0) is 11.3 Å². The number of para-hydroxylation sites is 1. The first-order chi connectivity index (χ1) is 17.5. The summed E-state index contributed by atoms with van der Waals surface area (Å²) >= 11 is 0. The summed E-state index contributed by atoms with van der Waals surface area (Å²) in [7, 11) is 1.68. The van der Waals surface area contributed by atoms with E-state index < -0.39 is 0 Å². The lowest BCUT2D eigenvalue weighted by Crippen LogP contribution is -2.28. The molecule has 0 saturated heterocycles. The summed E-state index contributed by atoms with van der Waals surface area (Å²) < 4.78 is 13.3. The van der Waals surface area contributed by atoms with Gasteiger partial charge in [-0.3, -0.25) is 4.79 Å². The number of ether oxygens (including phenoxy) is 2. The van der Waals surface area contributed by atoms with Crippen LogP contribution in [0.4, 0.5) is 0 Å². The van der Waals surface area contributed by atoms with Gasteiger partial charge in [0.25, 0.3) is 0 Å². The van der Waals surface area contributed by atoms with Gasteiger partial charge in [0, 0.05) is 42.5 Å². The Labute approximate surface area is 214 Å². The minimum Gasteiger partial charge on any atom is -0.497 e. The standard InChI is InChI=1S/C31H36N2O3/c1-5-36-26-16-12-24(13-17-26)28(18-31(34)32-19-22(2)3)29-21-33(30-9-7-6-8-27(29)30)20-23-10-14-25(35-4)15-11-23/h6-17,21-22,28H,5,18-20H2,1-4H3,(H,32,34)/t28-/m1/s1. The fourth-order valence-corrected chi connectivity index (χ4v) is 4.56. The maximum atomic E-state index is 13.0. The minimum absolute atomic E-state index is 0.0644. The third kappa shape index (κ3) is 6.09. The average molecular weight is 485 g/mol. The van der Waals surface area contributed by atoms with E-state index in [0.717, 1.165) is 34.7 Å². The second-order valence-corrected chi connectivity index (χ2v) is 9.53. The van der Waals surface area contributed by atoms with E-state index in [1.165, 1.54) is 10.9 Å². The number of aromatic nitrogens is 1. The molecule has 3 aromatic carbocycles. The molecule has 1 amide bonds. The molecule has 1 N–H and O–H groups in total. The van der Waals surface area contributed by atoms with E-state index in [2.05, 4.69) is 78.5 Å². The molecule has 5 heteroatoms. The van der Waals surface area contributed by atoms with Crippen LogP contribution in [0.25, 0.3) is 10.9 Å². The lowest BCUT2D eigenvalue weighted by atomic mass is 9.88. The van der Waals surface area contributed by atoms with Gasteiger partial charge in [0.05, 0.1) is 13.7 Å². The molecule has 0 radical (unpaired) electrons. The Morgan fingerprint density at radius 3 is 2.31 bits per heavy atom. The van der Waals surface area contributed by atoms with Crippen LogP contribution in [0.15, 0.2) is 79.0 Å². The Balaban J connectivity index is 1.72. The summed E-state index contributed by atoms with van der Waals surface area (Å²) in [6.07, 6.45) is 2.60. The summed E-state index contributed by atoms with van der Waals surface area (Å²) in [5.41, 5.74) is 4.60. The molecule has 0 spiro atoms. The number of carbonyl (C=O) groups excluding carboxylic acids is 1. The van der Waals surface area contributed by atoms with Crippen molar-refractivity contribution in [3.8, 4) is 11.5 Å². The Kier molecular flexibility index (Phi) is 8.32. The van der Waals surface area contributed by atoms with E-state index in [9.17, 15) is 4.79 Å². The highest BCUT2D eigenvalue weighted by Crippen LogP contribution is 2.36. The number of carbonyl (C=O) groups is 1. The van der Waals surface area contributed by atoms with Gasteiger partial charge in [0.15, 0.2) is 0 Å². The molecule has 4 aromatic rings. The van der Waals surface area contributed by atoms with E-state index in [1.807, 2.05) is 31.2 Å². The molecule has 0 unspecified atom stereocenters. The van der Waals surface area contributed by atoms with Crippen molar-refractivity contribution in [2.75, 3.05) is 20.3 Å². The van der Waals surface area contributed by atoms with Crippen LogP contribution in [0.5, 0.6) is 11.5 Å². The summed E-state index contributed by atoms with van der Waals surface area (Å²) in [5.74, 6) is 2.08. The fourth-order valence-electron chi connectivity index (χ4n) is 4.56. The zero-order valence-corrected chi connectivity index (χ0v) is 21.7. The quantitative estimate of drug-likeness (QED) is 0.268. The van der Waals surface area contributed by atoms with Crippen LogP contribution in [0.3, 0.4) is 0 Å². The van der Waals surface area contributed by atoms with Crippen LogP contribution >= 0.6 is 0 Å². The predicted octanol–water partition coefficient (Wildman–Crippen LogP) is 6.39. The number of nitrogens with one attached hydrogen (secondary N) is 1. The van der Waals surface area contributed by atoms with E-state index in [0.29, 0.717) is 25.5 Å². The Morgan fingerprint density at radius 2 is 1.64 bits per heavy atom. The van der Waals surface area contributed by atoms with E-state index in [1.54, 1.807) is 7.11 Å². The highest BCUT2D eigenvalue weighted by Gasteiger charge is 2.23. The van der Waals surface area contributed by atoms with Crippen molar-refractivity contribution in [3.05, 3.63) is 95.7 Å². The van der Waals surface area contributed by atoms with Crippen molar-refractivity contribution in [1.82, 2.24) is 9.88 Å². The first-order valence-corrected chi connectivity index (χ1v) is 12.7. The molecule has 1 aromatic heterocycles. The van der Waals surface area contributed by atoms with Crippen LogP contribution < -0.4 is 14.8 Å². The van der Waals surface area contributed by atoms with Gasteiger partial charge in [-0.25, -0.2) is 0 Å². The molecule has 5 nitrogen and oxygen atoms in total. The van der Waals surface area contributed by atoms with Gasteiger partial charge < -0.3 is 19.4 Å². The molecule has 1 atom stereocenters. The van der Waals surface area contributed by atoms with Crippen molar-refractivity contribution >= 4 is 16.8 Å². The number of hydrogen-bond donors (Lipinski definition) is 1. The third-order valence-corrected chi connectivity index (χ3v) is 6.40. The van der Waals surface area contributed by atoms with Gasteiger partial charge in [-0.1, -0.05) is 56.3 Å². The van der Waals surface area contributed by atoms with Crippen molar-refractivity contribution < 1.29 is 14.3 Å². The van der Waals surface area contributed by atoms with E-state index >= 15 is 0 Å². The van der Waals surface area contributed by atoms with Crippen LogP contribution in [0.1, 0.15) is 49.8 Å². The van der Waals surface area contributed by atoms with Gasteiger partial charge >= 0.3 is 0 Å². The van der Waals surface area contributed by atoms with Gasteiger partial charge in [0.2, 0.25) is 5.91 Å². The van der Waals surface area contributed by atoms with Gasteiger partial charge in [-0.2, -0.15) is 0 Å². The maximum Gasteiger partial charge on any atom is 0.220 e. The largest absolute Gasteiger partial charge is 0.497 e. The summed E-state index contributed by atoms with van der Waals surface area (Å²) in [6, 6.07) is 24.8. The lowest BCUT2D eigenvalue weighted by Gasteiger charge is -2.18.